The molecule has 1 heterocycles. The van der Waals surface area contributed by atoms with Crippen LogP contribution in [0.25, 0.3) is 10.9 Å². The molecule has 0 radical (unpaired) electrons. The summed E-state index contributed by atoms with van der Waals surface area (Å²) in [7, 11) is 1.33. The Morgan fingerprint density at radius 1 is 1.41 bits per heavy atom. The molecule has 0 aliphatic carbocycles. The molecule has 1 aromatic carbocycles. The molecule has 0 amide bonds. The van der Waals surface area contributed by atoms with Gasteiger partial charge in [-0.2, -0.15) is 0 Å². The molecule has 0 fully saturated rings. The Morgan fingerprint density at radius 3 is 2.82 bits per heavy atom. The highest BCUT2D eigenvalue weighted by Gasteiger charge is 2.13. The van der Waals surface area contributed by atoms with Crippen LogP contribution in [0, 0.1) is 0 Å². The molecule has 0 unspecified atom stereocenters. The first kappa shape index (κ1) is 11.4. The number of hydrogen-bond acceptors (Lipinski definition) is 3. The lowest BCUT2D eigenvalue weighted by Crippen LogP contribution is -2.08. The van der Waals surface area contributed by atoms with Gasteiger partial charge in [-0.05, 0) is 24.1 Å². The minimum atomic E-state index is -0.438. The van der Waals surface area contributed by atoms with Gasteiger partial charge in [0.05, 0.1) is 18.2 Å². The Labute approximate surface area is 98.2 Å². The molecule has 2 aromatic rings. The number of benzene rings is 1. The highest BCUT2D eigenvalue weighted by atomic mass is 16.5. The van der Waals surface area contributed by atoms with Crippen molar-refractivity contribution in [3.63, 3.8) is 0 Å². The van der Waals surface area contributed by atoms with E-state index in [1.54, 1.807) is 12.1 Å². The maximum atomic E-state index is 11.7. The van der Waals surface area contributed by atoms with E-state index in [1.165, 1.54) is 19.4 Å². The molecule has 0 saturated carbocycles. The van der Waals surface area contributed by atoms with Crippen LogP contribution in [0.4, 0.5) is 0 Å². The first-order valence-electron chi connectivity index (χ1n) is 5.40. The lowest BCUT2D eigenvalue weighted by atomic mass is 10.0. The second-order valence-electron chi connectivity index (χ2n) is 3.75. The largest absolute Gasteiger partial charge is 0.465 e. The van der Waals surface area contributed by atoms with Crippen LogP contribution in [-0.4, -0.2) is 18.1 Å². The number of methoxy groups -OCH3 is 1. The molecule has 1 aromatic heterocycles. The number of fused-ring (bicyclic) bond motifs is 1. The zero-order chi connectivity index (χ0) is 12.4. The predicted molar refractivity (Wildman–Crippen MR) is 65.3 cm³/mol. The highest BCUT2D eigenvalue weighted by Crippen LogP contribution is 2.17. The van der Waals surface area contributed by atoms with Crippen LogP contribution in [-0.2, 0) is 11.2 Å². The van der Waals surface area contributed by atoms with E-state index in [-0.39, 0.29) is 5.43 Å². The van der Waals surface area contributed by atoms with E-state index in [2.05, 4.69) is 4.98 Å². The van der Waals surface area contributed by atoms with Gasteiger partial charge in [0.25, 0.3) is 0 Å². The maximum Gasteiger partial charge on any atom is 0.340 e. The molecule has 0 atom stereocenters. The van der Waals surface area contributed by atoms with Crippen LogP contribution in [0.3, 0.4) is 0 Å². The number of carbonyl (C=O) groups excluding carboxylic acids is 1. The van der Waals surface area contributed by atoms with Gasteiger partial charge in [-0.3, -0.25) is 4.79 Å². The number of hydrogen-bond donors (Lipinski definition) is 1. The zero-order valence-corrected chi connectivity index (χ0v) is 9.74. The summed E-state index contributed by atoms with van der Waals surface area (Å²) in [4.78, 5) is 26.3. The number of pyridine rings is 1. The second kappa shape index (κ2) is 4.41. The first-order chi connectivity index (χ1) is 8.17. The van der Waals surface area contributed by atoms with Gasteiger partial charge in [0.15, 0.2) is 5.43 Å². The Balaban J connectivity index is 2.85. The molecular weight excluding hydrogens is 218 g/mol. The lowest BCUT2D eigenvalue weighted by Gasteiger charge is -2.07. The third kappa shape index (κ3) is 1.93. The monoisotopic (exact) mass is 231 g/mol. The van der Waals surface area contributed by atoms with Crippen LogP contribution in [0.5, 0.6) is 0 Å². The fourth-order valence-electron chi connectivity index (χ4n) is 1.82. The normalized spacial score (nSPS) is 10.5. The molecule has 0 saturated heterocycles. The predicted octanol–water partition coefficient (Wildman–Crippen LogP) is 1.88. The summed E-state index contributed by atoms with van der Waals surface area (Å²) in [5.41, 5.74) is 1.77. The molecule has 0 aliphatic rings. The van der Waals surface area contributed by atoms with Crippen molar-refractivity contribution < 1.29 is 9.53 Å². The van der Waals surface area contributed by atoms with Gasteiger partial charge in [0.2, 0.25) is 0 Å². The van der Waals surface area contributed by atoms with Crippen LogP contribution in [0.1, 0.15) is 22.8 Å². The first-order valence-corrected chi connectivity index (χ1v) is 5.40. The number of aromatic nitrogens is 1. The van der Waals surface area contributed by atoms with Crippen molar-refractivity contribution >= 4 is 16.9 Å². The Kier molecular flexibility index (Phi) is 2.95. The van der Waals surface area contributed by atoms with Crippen molar-refractivity contribution in [1.29, 1.82) is 0 Å². The van der Waals surface area contributed by atoms with Crippen molar-refractivity contribution in [3.8, 4) is 0 Å². The number of nitrogens with one attached hydrogen (secondary N) is 1. The topological polar surface area (TPSA) is 59.2 Å². The van der Waals surface area contributed by atoms with Gasteiger partial charge in [-0.25, -0.2) is 4.79 Å². The van der Waals surface area contributed by atoms with Gasteiger partial charge in [-0.15, -0.1) is 0 Å². The van der Waals surface area contributed by atoms with Crippen molar-refractivity contribution in [2.45, 2.75) is 13.3 Å². The highest BCUT2D eigenvalue weighted by molar-refractivity contribution is 6.02. The van der Waals surface area contributed by atoms with E-state index < -0.39 is 5.97 Å². The molecule has 17 heavy (non-hydrogen) atoms. The third-order valence-electron chi connectivity index (χ3n) is 2.74. The van der Waals surface area contributed by atoms with Gasteiger partial charge in [0, 0.05) is 17.6 Å². The lowest BCUT2D eigenvalue weighted by molar-refractivity contribution is 0.0602. The number of rotatable bonds is 2. The van der Waals surface area contributed by atoms with E-state index >= 15 is 0 Å². The average Bonchev–Trinajstić information content (AvgIpc) is 2.37. The number of esters is 1. The summed E-state index contributed by atoms with van der Waals surface area (Å²) in [5, 5.41) is 0.521. The van der Waals surface area contributed by atoms with E-state index in [4.69, 9.17) is 4.74 Å². The van der Waals surface area contributed by atoms with E-state index in [0.29, 0.717) is 16.5 Å². The number of ether oxygens (including phenoxy) is 1. The molecule has 4 heteroatoms. The molecule has 0 aliphatic heterocycles. The van der Waals surface area contributed by atoms with Crippen LogP contribution < -0.4 is 5.43 Å². The van der Waals surface area contributed by atoms with Gasteiger partial charge >= 0.3 is 5.97 Å². The second-order valence-corrected chi connectivity index (χ2v) is 3.75. The summed E-state index contributed by atoms with van der Waals surface area (Å²) in [6.45, 7) is 1.97. The van der Waals surface area contributed by atoms with Crippen LogP contribution >= 0.6 is 0 Å². The van der Waals surface area contributed by atoms with E-state index in [9.17, 15) is 9.59 Å². The molecule has 88 valence electrons. The summed E-state index contributed by atoms with van der Waals surface area (Å²) in [6, 6.07) is 5.01. The maximum absolute atomic E-state index is 11.7. The third-order valence-corrected chi connectivity index (χ3v) is 2.74. The van der Waals surface area contributed by atoms with Crippen molar-refractivity contribution in [1.82, 2.24) is 4.98 Å². The van der Waals surface area contributed by atoms with E-state index in [1.807, 2.05) is 6.92 Å². The minimum absolute atomic E-state index is 0.0980. The van der Waals surface area contributed by atoms with Gasteiger partial charge in [0.1, 0.15) is 0 Å². The summed E-state index contributed by atoms with van der Waals surface area (Å²) >= 11 is 0. The average molecular weight is 231 g/mol. The molecule has 4 nitrogen and oxygen atoms in total. The van der Waals surface area contributed by atoms with Crippen molar-refractivity contribution in [2.75, 3.05) is 7.11 Å². The van der Waals surface area contributed by atoms with Crippen molar-refractivity contribution in [3.05, 3.63) is 45.7 Å². The summed E-state index contributed by atoms with van der Waals surface area (Å²) < 4.78 is 4.72. The quantitative estimate of drug-likeness (QED) is 0.803. The number of aryl methyl sites for hydroxylation is 1. The number of carbonyl (C=O) groups is 1. The minimum Gasteiger partial charge on any atom is -0.465 e. The smallest absolute Gasteiger partial charge is 0.340 e. The molecule has 0 bridgehead atoms. The SMILES string of the molecule is CCc1cc(C(=O)OC)c2[nH]ccc(=O)c2c1. The van der Waals surface area contributed by atoms with Crippen LogP contribution in [0.2, 0.25) is 0 Å². The number of H-pyrrole nitrogens is 1. The fraction of sp³-hybridized carbons (Fsp3) is 0.231. The van der Waals surface area contributed by atoms with Crippen molar-refractivity contribution in [2.24, 2.45) is 0 Å². The molecule has 0 spiro atoms. The molecule has 2 rings (SSSR count). The molecule has 1 N–H and O–H groups in total. The van der Waals surface area contributed by atoms with Gasteiger partial charge in [-0.1, -0.05) is 6.92 Å². The Bertz CT molecular complexity index is 628. The molecular formula is C13H13NO3. The van der Waals surface area contributed by atoms with Gasteiger partial charge < -0.3 is 9.72 Å². The summed E-state index contributed by atoms with van der Waals surface area (Å²) in [5.74, 6) is -0.438. The Morgan fingerprint density at radius 2 is 2.18 bits per heavy atom. The van der Waals surface area contributed by atoms with Crippen LogP contribution in [0.15, 0.2) is 29.2 Å². The standard InChI is InChI=1S/C13H13NO3/c1-3-8-6-9-11(15)4-5-14-12(9)10(7-8)13(16)17-2/h4-7H,3H2,1-2H3,(H,14,15). The fourth-order valence-corrected chi connectivity index (χ4v) is 1.82. The Hall–Kier alpha value is -2.10. The zero-order valence-electron chi connectivity index (χ0n) is 9.74. The summed E-state index contributed by atoms with van der Waals surface area (Å²) in [6.07, 6.45) is 2.29. The number of aromatic amines is 1. The van der Waals surface area contributed by atoms with E-state index in [0.717, 1.165) is 12.0 Å².